The van der Waals surface area contributed by atoms with Crippen LogP contribution < -0.4 is 10.2 Å². The highest BCUT2D eigenvalue weighted by molar-refractivity contribution is 5.93. The number of piperazine rings is 1. The molecule has 0 bridgehead atoms. The van der Waals surface area contributed by atoms with Crippen LogP contribution in [0.25, 0.3) is 10.9 Å². The molecule has 0 unspecified atom stereocenters. The van der Waals surface area contributed by atoms with Gasteiger partial charge in [0.2, 0.25) is 0 Å². The zero-order valence-corrected chi connectivity index (χ0v) is 11.9. The number of fused-ring (bicyclic) bond motifs is 1. The summed E-state index contributed by atoms with van der Waals surface area (Å²) in [5.41, 5.74) is 5.02. The summed E-state index contributed by atoms with van der Waals surface area (Å²) in [5.74, 6) is 0. The maximum atomic E-state index is 4.55. The van der Waals surface area contributed by atoms with Gasteiger partial charge in [0.1, 0.15) is 0 Å². The molecule has 1 aromatic carbocycles. The Morgan fingerprint density at radius 1 is 1.32 bits per heavy atom. The summed E-state index contributed by atoms with van der Waals surface area (Å²) in [6.07, 6.45) is 2.00. The van der Waals surface area contributed by atoms with Crippen LogP contribution in [0.5, 0.6) is 0 Å². The molecule has 0 spiro atoms. The minimum Gasteiger partial charge on any atom is -0.368 e. The number of anilines is 1. The molecule has 0 amide bonds. The molecule has 3 heteroatoms. The van der Waals surface area contributed by atoms with Crippen molar-refractivity contribution in [1.29, 1.82) is 0 Å². The molecule has 3 rings (SSSR count). The SMILES string of the molecule is Cc1ccc2ncc(C)c(N3CCN[C@H](C)C3)c2c1. The van der Waals surface area contributed by atoms with E-state index in [0.717, 1.165) is 25.2 Å². The van der Waals surface area contributed by atoms with Gasteiger partial charge in [-0.05, 0) is 38.5 Å². The van der Waals surface area contributed by atoms with Gasteiger partial charge in [0, 0.05) is 37.3 Å². The Morgan fingerprint density at radius 3 is 2.95 bits per heavy atom. The number of pyridine rings is 1. The van der Waals surface area contributed by atoms with Crippen molar-refractivity contribution in [3.05, 3.63) is 35.5 Å². The Bertz CT molecular complexity index is 601. The smallest absolute Gasteiger partial charge is 0.0723 e. The fourth-order valence-electron chi connectivity index (χ4n) is 2.95. The summed E-state index contributed by atoms with van der Waals surface area (Å²) in [6.45, 7) is 9.74. The second-order valence-corrected chi connectivity index (χ2v) is 5.61. The van der Waals surface area contributed by atoms with E-state index < -0.39 is 0 Å². The molecule has 1 aliphatic rings. The van der Waals surface area contributed by atoms with Crippen molar-refractivity contribution in [2.75, 3.05) is 24.5 Å². The number of hydrogen-bond acceptors (Lipinski definition) is 3. The Labute approximate surface area is 114 Å². The van der Waals surface area contributed by atoms with Crippen LogP contribution in [0.3, 0.4) is 0 Å². The van der Waals surface area contributed by atoms with Gasteiger partial charge in [-0.3, -0.25) is 4.98 Å². The molecular formula is C16H21N3. The lowest BCUT2D eigenvalue weighted by Crippen LogP contribution is -2.49. The topological polar surface area (TPSA) is 28.2 Å². The van der Waals surface area contributed by atoms with E-state index in [9.17, 15) is 0 Å². The number of hydrogen-bond donors (Lipinski definition) is 1. The number of rotatable bonds is 1. The predicted molar refractivity (Wildman–Crippen MR) is 80.9 cm³/mol. The highest BCUT2D eigenvalue weighted by Crippen LogP contribution is 2.30. The normalized spacial score (nSPS) is 19.9. The third-order valence-corrected chi connectivity index (χ3v) is 3.86. The molecule has 0 radical (unpaired) electrons. The molecule has 2 aromatic rings. The molecule has 0 saturated carbocycles. The molecule has 1 aromatic heterocycles. The Hall–Kier alpha value is -1.61. The van der Waals surface area contributed by atoms with Crippen LogP contribution in [0.2, 0.25) is 0 Å². The van der Waals surface area contributed by atoms with E-state index in [1.54, 1.807) is 0 Å². The quantitative estimate of drug-likeness (QED) is 0.849. The average molecular weight is 255 g/mol. The lowest BCUT2D eigenvalue weighted by Gasteiger charge is -2.35. The van der Waals surface area contributed by atoms with E-state index in [0.29, 0.717) is 6.04 Å². The van der Waals surface area contributed by atoms with Gasteiger partial charge in [0.05, 0.1) is 11.2 Å². The first-order valence-corrected chi connectivity index (χ1v) is 6.99. The van der Waals surface area contributed by atoms with E-state index in [1.807, 2.05) is 6.20 Å². The van der Waals surface area contributed by atoms with Crippen molar-refractivity contribution in [1.82, 2.24) is 10.3 Å². The summed E-state index contributed by atoms with van der Waals surface area (Å²) >= 11 is 0. The largest absolute Gasteiger partial charge is 0.368 e. The third-order valence-electron chi connectivity index (χ3n) is 3.86. The van der Waals surface area contributed by atoms with Gasteiger partial charge < -0.3 is 10.2 Å². The molecule has 1 N–H and O–H groups in total. The molecule has 3 nitrogen and oxygen atoms in total. The maximum absolute atomic E-state index is 4.55. The van der Waals surface area contributed by atoms with Gasteiger partial charge in [0.15, 0.2) is 0 Å². The maximum Gasteiger partial charge on any atom is 0.0723 e. The van der Waals surface area contributed by atoms with Gasteiger partial charge >= 0.3 is 0 Å². The van der Waals surface area contributed by atoms with Crippen molar-refractivity contribution >= 4 is 16.6 Å². The van der Waals surface area contributed by atoms with Crippen molar-refractivity contribution in [2.45, 2.75) is 26.8 Å². The molecule has 19 heavy (non-hydrogen) atoms. The number of nitrogens with one attached hydrogen (secondary N) is 1. The van der Waals surface area contributed by atoms with Gasteiger partial charge in [0.25, 0.3) is 0 Å². The fraction of sp³-hybridized carbons (Fsp3) is 0.438. The number of benzene rings is 1. The summed E-state index contributed by atoms with van der Waals surface area (Å²) < 4.78 is 0. The minimum absolute atomic E-state index is 0.543. The summed E-state index contributed by atoms with van der Waals surface area (Å²) in [5, 5.41) is 4.79. The van der Waals surface area contributed by atoms with Crippen molar-refractivity contribution in [3.63, 3.8) is 0 Å². The highest BCUT2D eigenvalue weighted by atomic mass is 15.2. The lowest BCUT2D eigenvalue weighted by molar-refractivity contribution is 0.485. The predicted octanol–water partition coefficient (Wildman–Crippen LogP) is 2.65. The number of nitrogens with zero attached hydrogens (tertiary/aromatic N) is 2. The van der Waals surface area contributed by atoms with Gasteiger partial charge in [-0.25, -0.2) is 0 Å². The van der Waals surface area contributed by atoms with E-state index in [2.05, 4.69) is 54.2 Å². The molecule has 1 saturated heterocycles. The summed E-state index contributed by atoms with van der Waals surface area (Å²) in [7, 11) is 0. The summed E-state index contributed by atoms with van der Waals surface area (Å²) in [6, 6.07) is 7.06. The minimum atomic E-state index is 0.543. The van der Waals surface area contributed by atoms with Crippen molar-refractivity contribution in [3.8, 4) is 0 Å². The molecule has 1 atom stereocenters. The zero-order valence-electron chi connectivity index (χ0n) is 11.9. The Morgan fingerprint density at radius 2 is 2.16 bits per heavy atom. The monoisotopic (exact) mass is 255 g/mol. The standard InChI is InChI=1S/C16H21N3/c1-11-4-5-15-14(8-11)16(12(2)9-18-15)19-7-6-17-13(3)10-19/h4-5,8-9,13,17H,6-7,10H2,1-3H3/t13-/m1/s1. The highest BCUT2D eigenvalue weighted by Gasteiger charge is 2.19. The van der Waals surface area contributed by atoms with E-state index in [4.69, 9.17) is 0 Å². The summed E-state index contributed by atoms with van der Waals surface area (Å²) in [4.78, 5) is 7.05. The molecule has 100 valence electrons. The van der Waals surface area contributed by atoms with Crippen LogP contribution in [0, 0.1) is 13.8 Å². The van der Waals surface area contributed by atoms with Crippen LogP contribution in [-0.2, 0) is 0 Å². The van der Waals surface area contributed by atoms with E-state index in [-0.39, 0.29) is 0 Å². The molecule has 2 heterocycles. The average Bonchev–Trinajstić information content (AvgIpc) is 2.38. The Kier molecular flexibility index (Phi) is 3.15. The van der Waals surface area contributed by atoms with Crippen LogP contribution >= 0.6 is 0 Å². The van der Waals surface area contributed by atoms with Crippen molar-refractivity contribution in [2.24, 2.45) is 0 Å². The van der Waals surface area contributed by atoms with Crippen LogP contribution in [0.4, 0.5) is 5.69 Å². The lowest BCUT2D eigenvalue weighted by atomic mass is 10.1. The first-order chi connectivity index (χ1) is 9.15. The van der Waals surface area contributed by atoms with Gasteiger partial charge in [-0.15, -0.1) is 0 Å². The van der Waals surface area contributed by atoms with E-state index >= 15 is 0 Å². The zero-order chi connectivity index (χ0) is 13.4. The van der Waals surface area contributed by atoms with Crippen molar-refractivity contribution < 1.29 is 0 Å². The fourth-order valence-corrected chi connectivity index (χ4v) is 2.95. The number of aromatic nitrogens is 1. The Balaban J connectivity index is 2.15. The van der Waals surface area contributed by atoms with E-state index in [1.165, 1.54) is 22.2 Å². The number of aryl methyl sites for hydroxylation is 2. The third kappa shape index (κ3) is 2.30. The second kappa shape index (κ2) is 4.82. The van der Waals surface area contributed by atoms with Gasteiger partial charge in [-0.1, -0.05) is 11.6 Å². The van der Waals surface area contributed by atoms with Gasteiger partial charge in [-0.2, -0.15) is 0 Å². The second-order valence-electron chi connectivity index (χ2n) is 5.61. The molecule has 1 fully saturated rings. The molecular weight excluding hydrogens is 234 g/mol. The first kappa shape index (κ1) is 12.4. The molecule has 1 aliphatic heterocycles. The van der Waals surface area contributed by atoms with Crippen LogP contribution in [-0.4, -0.2) is 30.7 Å². The van der Waals surface area contributed by atoms with Crippen LogP contribution in [0.15, 0.2) is 24.4 Å². The molecule has 0 aliphatic carbocycles. The van der Waals surface area contributed by atoms with Crippen LogP contribution in [0.1, 0.15) is 18.1 Å². The first-order valence-electron chi connectivity index (χ1n) is 6.99.